The molecule has 0 spiro atoms. The van der Waals surface area contributed by atoms with E-state index in [1.165, 1.54) is 0 Å². The zero-order valence-electron chi connectivity index (χ0n) is 11.2. The zero-order valence-corrected chi connectivity index (χ0v) is 12.8. The molecule has 1 aliphatic rings. The zero-order chi connectivity index (χ0) is 14.7. The summed E-state index contributed by atoms with van der Waals surface area (Å²) in [7, 11) is 0. The van der Waals surface area contributed by atoms with Gasteiger partial charge in [0.25, 0.3) is 0 Å². The summed E-state index contributed by atoms with van der Waals surface area (Å²) in [5.74, 6) is -1.68. The Bertz CT molecular complexity index is 533. The van der Waals surface area contributed by atoms with E-state index in [0.717, 1.165) is 22.9 Å². The predicted molar refractivity (Wildman–Crippen MR) is 78.4 cm³/mol. The Morgan fingerprint density at radius 3 is 2.60 bits per heavy atom. The number of carbonyl (C=O) groups excluding carboxylic acids is 1. The Kier molecular flexibility index (Phi) is 4.75. The number of anilines is 1. The van der Waals surface area contributed by atoms with Crippen molar-refractivity contribution in [1.82, 2.24) is 4.98 Å². The first-order valence-electron chi connectivity index (χ1n) is 6.65. The van der Waals surface area contributed by atoms with Crippen molar-refractivity contribution in [3.63, 3.8) is 0 Å². The standard InChI is InChI=1S/C14H17BrN2O3/c1-8-6-9(15)7-16-12(8)17-13(18)10-4-2-3-5-11(10)14(19)20/h6-7,10-11H,2-5H2,1H3,(H,19,20)(H,16,17,18)/t10-,11+/m1/s1. The maximum Gasteiger partial charge on any atom is 0.307 e. The number of carboxylic acids is 1. The number of carboxylic acid groups (broad SMARTS) is 1. The van der Waals surface area contributed by atoms with Crippen molar-refractivity contribution in [2.75, 3.05) is 5.32 Å². The van der Waals surface area contributed by atoms with Crippen LogP contribution in [0.3, 0.4) is 0 Å². The van der Waals surface area contributed by atoms with Crippen LogP contribution in [0.25, 0.3) is 0 Å². The molecule has 0 radical (unpaired) electrons. The van der Waals surface area contributed by atoms with E-state index in [1.807, 2.05) is 13.0 Å². The minimum atomic E-state index is -0.884. The first-order valence-corrected chi connectivity index (χ1v) is 7.44. The van der Waals surface area contributed by atoms with E-state index >= 15 is 0 Å². The largest absolute Gasteiger partial charge is 0.481 e. The second-order valence-corrected chi connectivity index (χ2v) is 6.06. The number of amides is 1. The van der Waals surface area contributed by atoms with E-state index in [4.69, 9.17) is 0 Å². The Morgan fingerprint density at radius 1 is 1.35 bits per heavy atom. The molecule has 6 heteroatoms. The van der Waals surface area contributed by atoms with Gasteiger partial charge < -0.3 is 10.4 Å². The number of pyridine rings is 1. The van der Waals surface area contributed by atoms with Crippen LogP contribution in [0.2, 0.25) is 0 Å². The predicted octanol–water partition coefficient (Wildman–Crippen LogP) is 2.98. The number of halogens is 1. The summed E-state index contributed by atoms with van der Waals surface area (Å²) in [6.45, 7) is 1.85. The smallest absolute Gasteiger partial charge is 0.307 e. The van der Waals surface area contributed by atoms with Gasteiger partial charge in [0.05, 0.1) is 11.8 Å². The molecular formula is C14H17BrN2O3. The van der Waals surface area contributed by atoms with Crippen molar-refractivity contribution in [1.29, 1.82) is 0 Å². The van der Waals surface area contributed by atoms with Crippen LogP contribution >= 0.6 is 15.9 Å². The molecule has 1 aromatic rings. The molecule has 1 aromatic heterocycles. The molecule has 0 aromatic carbocycles. The van der Waals surface area contributed by atoms with Gasteiger partial charge in [0.1, 0.15) is 5.82 Å². The minimum Gasteiger partial charge on any atom is -0.481 e. The van der Waals surface area contributed by atoms with E-state index in [2.05, 4.69) is 26.2 Å². The number of rotatable bonds is 3. The van der Waals surface area contributed by atoms with E-state index in [1.54, 1.807) is 6.20 Å². The molecule has 108 valence electrons. The van der Waals surface area contributed by atoms with Gasteiger partial charge >= 0.3 is 5.97 Å². The highest BCUT2D eigenvalue weighted by molar-refractivity contribution is 9.10. The highest BCUT2D eigenvalue weighted by Crippen LogP contribution is 2.31. The van der Waals surface area contributed by atoms with Gasteiger partial charge in [0.15, 0.2) is 0 Å². The molecule has 0 unspecified atom stereocenters. The van der Waals surface area contributed by atoms with Crippen LogP contribution in [-0.2, 0) is 9.59 Å². The number of hydrogen-bond acceptors (Lipinski definition) is 3. The number of nitrogens with one attached hydrogen (secondary N) is 1. The highest BCUT2D eigenvalue weighted by atomic mass is 79.9. The van der Waals surface area contributed by atoms with Crippen molar-refractivity contribution in [2.45, 2.75) is 32.6 Å². The quantitative estimate of drug-likeness (QED) is 0.886. The van der Waals surface area contributed by atoms with Crippen LogP contribution in [0.4, 0.5) is 5.82 Å². The molecule has 0 aliphatic heterocycles. The van der Waals surface area contributed by atoms with Crippen LogP contribution in [0.15, 0.2) is 16.7 Å². The molecule has 20 heavy (non-hydrogen) atoms. The first kappa shape index (κ1) is 15.0. The molecular weight excluding hydrogens is 324 g/mol. The van der Waals surface area contributed by atoms with Gasteiger partial charge in [-0.1, -0.05) is 12.8 Å². The third kappa shape index (κ3) is 3.36. The Labute approximate surface area is 125 Å². The lowest BCUT2D eigenvalue weighted by atomic mass is 9.78. The number of hydrogen-bond donors (Lipinski definition) is 2. The maximum atomic E-state index is 12.3. The van der Waals surface area contributed by atoms with Crippen molar-refractivity contribution >= 4 is 33.6 Å². The normalized spacial score (nSPS) is 22.3. The van der Waals surface area contributed by atoms with Crippen molar-refractivity contribution < 1.29 is 14.7 Å². The number of aryl methyl sites for hydroxylation is 1. The highest BCUT2D eigenvalue weighted by Gasteiger charge is 2.35. The minimum absolute atomic E-state index is 0.241. The number of carbonyl (C=O) groups is 2. The summed E-state index contributed by atoms with van der Waals surface area (Å²) >= 11 is 3.31. The van der Waals surface area contributed by atoms with Gasteiger partial charge in [-0.05, 0) is 47.3 Å². The van der Waals surface area contributed by atoms with Crippen LogP contribution in [-0.4, -0.2) is 22.0 Å². The fourth-order valence-electron chi connectivity index (χ4n) is 2.62. The summed E-state index contributed by atoms with van der Waals surface area (Å²) < 4.78 is 0.842. The second-order valence-electron chi connectivity index (χ2n) is 5.14. The number of nitrogens with zero attached hydrogens (tertiary/aromatic N) is 1. The molecule has 1 amide bonds. The third-order valence-corrected chi connectivity index (χ3v) is 4.14. The third-order valence-electron chi connectivity index (χ3n) is 3.71. The average Bonchev–Trinajstić information content (AvgIpc) is 2.41. The van der Waals surface area contributed by atoms with Gasteiger partial charge in [-0.3, -0.25) is 9.59 Å². The summed E-state index contributed by atoms with van der Waals surface area (Å²) in [5, 5.41) is 12.0. The lowest BCUT2D eigenvalue weighted by molar-refractivity contribution is -0.147. The molecule has 5 nitrogen and oxygen atoms in total. The van der Waals surface area contributed by atoms with Crippen LogP contribution in [0.1, 0.15) is 31.2 Å². The molecule has 2 N–H and O–H groups in total. The summed E-state index contributed by atoms with van der Waals surface area (Å²) in [6, 6.07) is 1.86. The average molecular weight is 341 g/mol. The summed E-state index contributed by atoms with van der Waals surface area (Å²) in [4.78, 5) is 27.7. The molecule has 1 saturated carbocycles. The monoisotopic (exact) mass is 340 g/mol. The first-order chi connectivity index (χ1) is 9.49. The molecule has 1 fully saturated rings. The van der Waals surface area contributed by atoms with E-state index in [-0.39, 0.29) is 5.91 Å². The number of aromatic nitrogens is 1. The summed E-state index contributed by atoms with van der Waals surface area (Å²) in [6.07, 6.45) is 4.57. The van der Waals surface area contributed by atoms with Gasteiger partial charge in [-0.25, -0.2) is 4.98 Å². The maximum absolute atomic E-state index is 12.3. The number of aliphatic carboxylic acids is 1. The topological polar surface area (TPSA) is 79.3 Å². The summed E-state index contributed by atoms with van der Waals surface area (Å²) in [5.41, 5.74) is 0.843. The lowest BCUT2D eigenvalue weighted by Gasteiger charge is -2.27. The van der Waals surface area contributed by atoms with Crippen LogP contribution in [0, 0.1) is 18.8 Å². The molecule has 0 bridgehead atoms. The van der Waals surface area contributed by atoms with Crippen LogP contribution < -0.4 is 5.32 Å². The second kappa shape index (κ2) is 6.35. The Morgan fingerprint density at radius 2 is 2.00 bits per heavy atom. The molecule has 1 aliphatic carbocycles. The van der Waals surface area contributed by atoms with E-state index in [9.17, 15) is 14.7 Å². The van der Waals surface area contributed by atoms with Gasteiger partial charge in [-0.15, -0.1) is 0 Å². The lowest BCUT2D eigenvalue weighted by Crippen LogP contribution is -2.36. The van der Waals surface area contributed by atoms with Crippen molar-refractivity contribution in [3.05, 3.63) is 22.3 Å². The molecule has 1 heterocycles. The Hall–Kier alpha value is -1.43. The van der Waals surface area contributed by atoms with Crippen molar-refractivity contribution in [3.8, 4) is 0 Å². The van der Waals surface area contributed by atoms with E-state index in [0.29, 0.717) is 18.7 Å². The fourth-order valence-corrected chi connectivity index (χ4v) is 3.07. The van der Waals surface area contributed by atoms with Gasteiger partial charge in [0, 0.05) is 10.7 Å². The van der Waals surface area contributed by atoms with Crippen LogP contribution in [0.5, 0.6) is 0 Å². The SMILES string of the molecule is Cc1cc(Br)cnc1NC(=O)[C@@H]1CCCC[C@@H]1C(=O)O. The van der Waals surface area contributed by atoms with Crippen molar-refractivity contribution in [2.24, 2.45) is 11.8 Å². The van der Waals surface area contributed by atoms with Gasteiger partial charge in [-0.2, -0.15) is 0 Å². The molecule has 0 saturated heterocycles. The fraction of sp³-hybridized carbons (Fsp3) is 0.500. The molecule has 2 atom stereocenters. The van der Waals surface area contributed by atoms with E-state index < -0.39 is 17.8 Å². The van der Waals surface area contributed by atoms with Gasteiger partial charge in [0.2, 0.25) is 5.91 Å². The Balaban J connectivity index is 2.12. The molecule has 2 rings (SSSR count).